The third-order valence-corrected chi connectivity index (χ3v) is 4.40. The van der Waals surface area contributed by atoms with E-state index in [1.165, 1.54) is 6.20 Å². The van der Waals surface area contributed by atoms with Crippen molar-refractivity contribution in [1.29, 1.82) is 5.26 Å². The highest BCUT2D eigenvalue weighted by atomic mass is 16.5. The molecule has 1 N–H and O–H groups in total. The van der Waals surface area contributed by atoms with Crippen molar-refractivity contribution in [2.75, 3.05) is 44.8 Å². The predicted octanol–water partition coefficient (Wildman–Crippen LogP) is 3.10. The number of hydrogen-bond donors (Lipinski definition) is 1. The van der Waals surface area contributed by atoms with Crippen molar-refractivity contribution in [3.63, 3.8) is 0 Å². The second-order valence-electron chi connectivity index (χ2n) is 6.34. The van der Waals surface area contributed by atoms with Crippen LogP contribution in [0.3, 0.4) is 0 Å². The molecule has 0 atom stereocenters. The average Bonchev–Trinajstić information content (AvgIpc) is 2.76. The number of hydrogen-bond acceptors (Lipinski definition) is 6. The molecule has 3 rings (SSSR count). The largest absolute Gasteiger partial charge is 0.492 e. The van der Waals surface area contributed by atoms with Crippen LogP contribution >= 0.6 is 0 Å². The normalized spacial score (nSPS) is 14.9. The minimum absolute atomic E-state index is 0.0364. The number of allylic oxidation sites excluding steroid dienone is 1. The van der Waals surface area contributed by atoms with Gasteiger partial charge in [0.15, 0.2) is 0 Å². The van der Waals surface area contributed by atoms with E-state index in [9.17, 15) is 10.1 Å². The number of carbonyl (C=O) groups is 1. The first-order valence-corrected chi connectivity index (χ1v) is 9.26. The van der Waals surface area contributed by atoms with Crippen LogP contribution in [0.25, 0.3) is 0 Å². The van der Waals surface area contributed by atoms with Crippen LogP contribution in [0.4, 0.5) is 5.69 Å². The molecule has 0 aromatic heterocycles. The molecule has 0 amide bonds. The van der Waals surface area contributed by atoms with Crippen molar-refractivity contribution < 1.29 is 14.3 Å². The summed E-state index contributed by atoms with van der Waals surface area (Å²) >= 11 is 0. The Morgan fingerprint density at radius 1 is 1.18 bits per heavy atom. The summed E-state index contributed by atoms with van der Waals surface area (Å²) in [7, 11) is 0. The molecule has 0 spiro atoms. The number of para-hydroxylation sites is 1. The Morgan fingerprint density at radius 2 is 1.96 bits per heavy atom. The zero-order valence-electron chi connectivity index (χ0n) is 15.6. The van der Waals surface area contributed by atoms with Crippen LogP contribution < -0.4 is 10.1 Å². The Balaban J connectivity index is 1.59. The van der Waals surface area contributed by atoms with Gasteiger partial charge in [0.05, 0.1) is 13.2 Å². The number of nitriles is 1. The van der Waals surface area contributed by atoms with Crippen molar-refractivity contribution in [2.45, 2.75) is 0 Å². The van der Waals surface area contributed by atoms with Gasteiger partial charge in [0.1, 0.15) is 24.0 Å². The van der Waals surface area contributed by atoms with Crippen LogP contribution in [0.2, 0.25) is 0 Å². The van der Waals surface area contributed by atoms with Gasteiger partial charge in [-0.1, -0.05) is 30.3 Å². The third kappa shape index (κ3) is 5.68. The zero-order chi connectivity index (χ0) is 19.6. The Hall–Kier alpha value is -3.14. The topological polar surface area (TPSA) is 74.6 Å². The Morgan fingerprint density at radius 3 is 2.71 bits per heavy atom. The van der Waals surface area contributed by atoms with Crippen molar-refractivity contribution in [3.8, 4) is 11.8 Å². The lowest BCUT2D eigenvalue weighted by atomic mass is 10.0. The number of ether oxygens (including phenoxy) is 2. The molecule has 0 saturated carbocycles. The molecule has 1 heterocycles. The molecule has 1 aliphatic heterocycles. The lowest BCUT2D eigenvalue weighted by molar-refractivity contribution is 0.0322. The number of benzene rings is 2. The Labute approximate surface area is 165 Å². The monoisotopic (exact) mass is 377 g/mol. The maximum Gasteiger partial charge on any atom is 0.205 e. The molecule has 28 heavy (non-hydrogen) atoms. The number of Topliss-reactive ketones (excluding diaryl/α,β-unsaturated/α-hetero) is 1. The summed E-state index contributed by atoms with van der Waals surface area (Å²) in [6.45, 7) is 4.67. The van der Waals surface area contributed by atoms with E-state index in [2.05, 4.69) is 10.2 Å². The number of anilines is 1. The van der Waals surface area contributed by atoms with Crippen molar-refractivity contribution in [1.82, 2.24) is 4.90 Å². The van der Waals surface area contributed by atoms with Gasteiger partial charge in [-0.3, -0.25) is 9.69 Å². The molecule has 1 fully saturated rings. The number of morpholine rings is 1. The van der Waals surface area contributed by atoms with Crippen LogP contribution in [0.5, 0.6) is 5.75 Å². The van der Waals surface area contributed by atoms with Gasteiger partial charge >= 0.3 is 0 Å². The van der Waals surface area contributed by atoms with Crippen LogP contribution in [-0.4, -0.2) is 50.1 Å². The molecule has 0 unspecified atom stereocenters. The summed E-state index contributed by atoms with van der Waals surface area (Å²) in [5, 5.41) is 12.3. The van der Waals surface area contributed by atoms with Gasteiger partial charge in [-0.15, -0.1) is 0 Å². The van der Waals surface area contributed by atoms with Gasteiger partial charge in [-0.25, -0.2) is 0 Å². The number of nitrogens with one attached hydrogen (secondary N) is 1. The maximum absolute atomic E-state index is 12.7. The molecular formula is C22H23N3O3. The molecule has 144 valence electrons. The van der Waals surface area contributed by atoms with Gasteiger partial charge < -0.3 is 14.8 Å². The zero-order valence-corrected chi connectivity index (χ0v) is 15.6. The second kappa shape index (κ2) is 10.3. The van der Waals surface area contributed by atoms with E-state index in [1.807, 2.05) is 42.5 Å². The van der Waals surface area contributed by atoms with E-state index >= 15 is 0 Å². The van der Waals surface area contributed by atoms with Gasteiger partial charge in [0.25, 0.3) is 0 Å². The summed E-state index contributed by atoms with van der Waals surface area (Å²) in [6.07, 6.45) is 1.43. The fourth-order valence-electron chi connectivity index (χ4n) is 2.84. The van der Waals surface area contributed by atoms with Gasteiger partial charge in [0, 0.05) is 37.1 Å². The van der Waals surface area contributed by atoms with Crippen LogP contribution in [-0.2, 0) is 4.74 Å². The first kappa shape index (κ1) is 19.6. The molecular weight excluding hydrogens is 354 g/mol. The highest BCUT2D eigenvalue weighted by Gasteiger charge is 2.14. The minimum atomic E-state index is -0.343. The number of ketones is 1. The third-order valence-electron chi connectivity index (χ3n) is 4.40. The highest BCUT2D eigenvalue weighted by molar-refractivity contribution is 6.11. The van der Waals surface area contributed by atoms with Gasteiger partial charge in [-0.05, 0) is 24.3 Å². The molecule has 2 aromatic carbocycles. The van der Waals surface area contributed by atoms with E-state index in [0.717, 1.165) is 38.5 Å². The van der Waals surface area contributed by atoms with E-state index in [-0.39, 0.29) is 11.4 Å². The first-order chi connectivity index (χ1) is 13.8. The van der Waals surface area contributed by atoms with Crippen LogP contribution in [0.1, 0.15) is 10.4 Å². The Bertz CT molecular complexity index is 853. The van der Waals surface area contributed by atoms with E-state index in [1.54, 1.807) is 18.2 Å². The van der Waals surface area contributed by atoms with Crippen molar-refractivity contribution in [3.05, 3.63) is 71.9 Å². The van der Waals surface area contributed by atoms with E-state index < -0.39 is 0 Å². The molecule has 0 bridgehead atoms. The van der Waals surface area contributed by atoms with Crippen LogP contribution in [0.15, 0.2) is 66.4 Å². The summed E-state index contributed by atoms with van der Waals surface area (Å²) in [5.74, 6) is 0.275. The fraction of sp³-hybridized carbons (Fsp3) is 0.273. The predicted molar refractivity (Wildman–Crippen MR) is 107 cm³/mol. The quantitative estimate of drug-likeness (QED) is 0.433. The summed E-state index contributed by atoms with van der Waals surface area (Å²) < 4.78 is 11.1. The molecule has 6 heteroatoms. The highest BCUT2D eigenvalue weighted by Crippen LogP contribution is 2.17. The standard InChI is InChI=1S/C22H23N3O3/c23-16-19(17-24-20-6-2-1-3-7-20)22(26)18-5-4-8-21(15-18)28-14-11-25-9-12-27-13-10-25/h1-8,15,17,24H,9-14H2/b19-17-. The van der Waals surface area contributed by atoms with Gasteiger partial charge in [0.2, 0.25) is 5.78 Å². The van der Waals surface area contributed by atoms with E-state index in [0.29, 0.717) is 17.9 Å². The fourth-order valence-corrected chi connectivity index (χ4v) is 2.84. The average molecular weight is 377 g/mol. The molecule has 0 aliphatic carbocycles. The molecule has 1 aliphatic rings. The maximum atomic E-state index is 12.7. The Kier molecular flexibility index (Phi) is 7.19. The van der Waals surface area contributed by atoms with Crippen molar-refractivity contribution >= 4 is 11.5 Å². The minimum Gasteiger partial charge on any atom is -0.492 e. The lowest BCUT2D eigenvalue weighted by Crippen LogP contribution is -2.38. The number of carbonyl (C=O) groups excluding carboxylic acids is 1. The van der Waals surface area contributed by atoms with Crippen LogP contribution in [0, 0.1) is 11.3 Å². The summed E-state index contributed by atoms with van der Waals surface area (Å²) in [4.78, 5) is 14.9. The molecule has 0 radical (unpaired) electrons. The molecule has 2 aromatic rings. The number of rotatable bonds is 8. The second-order valence-corrected chi connectivity index (χ2v) is 6.34. The number of nitrogens with zero attached hydrogens (tertiary/aromatic N) is 2. The van der Waals surface area contributed by atoms with E-state index in [4.69, 9.17) is 9.47 Å². The smallest absolute Gasteiger partial charge is 0.205 e. The SMILES string of the molecule is N#C/C(=C/Nc1ccccc1)C(=O)c1cccc(OCCN2CCOCC2)c1. The first-order valence-electron chi connectivity index (χ1n) is 9.26. The van der Waals surface area contributed by atoms with Gasteiger partial charge in [-0.2, -0.15) is 5.26 Å². The summed E-state index contributed by atoms with van der Waals surface area (Å²) in [5.41, 5.74) is 1.27. The molecule has 6 nitrogen and oxygen atoms in total. The van der Waals surface area contributed by atoms with Crippen molar-refractivity contribution in [2.24, 2.45) is 0 Å². The lowest BCUT2D eigenvalue weighted by Gasteiger charge is -2.26. The summed E-state index contributed by atoms with van der Waals surface area (Å²) in [6, 6.07) is 18.3. The molecule has 1 saturated heterocycles.